The normalized spacial score (nSPS) is 10.7. The van der Waals surface area contributed by atoms with Gasteiger partial charge >= 0.3 is 0 Å². The second-order valence-corrected chi connectivity index (χ2v) is 5.03. The minimum absolute atomic E-state index is 0.0900. The van der Waals surface area contributed by atoms with Crippen LogP contribution in [0.2, 0.25) is 0 Å². The van der Waals surface area contributed by atoms with Crippen LogP contribution in [-0.4, -0.2) is 21.1 Å². The molecule has 0 aliphatic rings. The van der Waals surface area contributed by atoms with E-state index < -0.39 is 17.5 Å². The van der Waals surface area contributed by atoms with Gasteiger partial charge in [-0.3, -0.25) is 9.89 Å². The number of carbonyl (C=O) groups excluding carboxylic acids is 1. The van der Waals surface area contributed by atoms with Gasteiger partial charge in [0.25, 0.3) is 5.91 Å². The molecule has 0 unspecified atom stereocenters. The van der Waals surface area contributed by atoms with E-state index in [4.69, 9.17) is 5.73 Å². The SMILES string of the molecule is Cc1ccc(F)cc1-c1cc(-c2n[nH]c(C(N)=O)n2)ccc1F. The van der Waals surface area contributed by atoms with Crippen LogP contribution in [0.5, 0.6) is 0 Å². The lowest BCUT2D eigenvalue weighted by atomic mass is 9.98. The first-order valence-corrected chi connectivity index (χ1v) is 6.74. The maximum Gasteiger partial charge on any atom is 0.286 e. The van der Waals surface area contributed by atoms with Crippen molar-refractivity contribution in [1.82, 2.24) is 15.2 Å². The predicted molar refractivity (Wildman–Crippen MR) is 80.4 cm³/mol. The predicted octanol–water partition coefficient (Wildman–Crippen LogP) is 2.82. The summed E-state index contributed by atoms with van der Waals surface area (Å²) < 4.78 is 27.6. The zero-order valence-corrected chi connectivity index (χ0v) is 12.1. The summed E-state index contributed by atoms with van der Waals surface area (Å²) in [6, 6.07) is 8.38. The minimum atomic E-state index is -0.743. The van der Waals surface area contributed by atoms with Gasteiger partial charge in [-0.15, -0.1) is 0 Å². The molecule has 0 spiro atoms. The van der Waals surface area contributed by atoms with Gasteiger partial charge in [0.05, 0.1) is 0 Å². The highest BCUT2D eigenvalue weighted by Gasteiger charge is 2.14. The number of halogens is 2. The van der Waals surface area contributed by atoms with Crippen LogP contribution in [0, 0.1) is 18.6 Å². The number of rotatable bonds is 3. The van der Waals surface area contributed by atoms with Crippen LogP contribution in [0.3, 0.4) is 0 Å². The quantitative estimate of drug-likeness (QED) is 0.779. The van der Waals surface area contributed by atoms with Crippen LogP contribution in [0.4, 0.5) is 8.78 Å². The largest absolute Gasteiger partial charge is 0.363 e. The average Bonchev–Trinajstić information content (AvgIpc) is 3.00. The van der Waals surface area contributed by atoms with Gasteiger partial charge in [0.2, 0.25) is 5.82 Å². The number of hydrogen-bond acceptors (Lipinski definition) is 3. The Morgan fingerprint density at radius 3 is 2.61 bits per heavy atom. The van der Waals surface area contributed by atoms with Crippen LogP contribution >= 0.6 is 0 Å². The number of aryl methyl sites for hydroxylation is 1. The zero-order valence-electron chi connectivity index (χ0n) is 12.1. The van der Waals surface area contributed by atoms with Crippen molar-refractivity contribution in [3.63, 3.8) is 0 Å². The number of nitrogens with one attached hydrogen (secondary N) is 1. The summed E-state index contributed by atoms with van der Waals surface area (Å²) in [4.78, 5) is 15.0. The molecule has 3 rings (SSSR count). The Kier molecular flexibility index (Phi) is 3.61. The molecule has 1 aromatic heterocycles. The maximum absolute atomic E-state index is 14.2. The van der Waals surface area contributed by atoms with Crippen LogP contribution in [0.25, 0.3) is 22.5 Å². The van der Waals surface area contributed by atoms with E-state index in [2.05, 4.69) is 15.2 Å². The number of nitrogens with two attached hydrogens (primary N) is 1. The number of H-pyrrole nitrogens is 1. The van der Waals surface area contributed by atoms with Crippen LogP contribution in [0.15, 0.2) is 36.4 Å². The van der Waals surface area contributed by atoms with Gasteiger partial charge in [-0.2, -0.15) is 5.10 Å². The second kappa shape index (κ2) is 5.60. The fraction of sp³-hybridized carbons (Fsp3) is 0.0625. The van der Waals surface area contributed by atoms with Crippen LogP contribution < -0.4 is 5.73 Å². The number of benzene rings is 2. The van der Waals surface area contributed by atoms with Gasteiger partial charge in [-0.05, 0) is 48.4 Å². The van der Waals surface area contributed by atoms with Crippen LogP contribution in [-0.2, 0) is 0 Å². The van der Waals surface area contributed by atoms with E-state index in [1.165, 1.54) is 30.3 Å². The number of aromatic amines is 1. The number of aromatic nitrogens is 3. The molecule has 0 fully saturated rings. The Hall–Kier alpha value is -3.09. The highest BCUT2D eigenvalue weighted by atomic mass is 19.1. The third-order valence-electron chi connectivity index (χ3n) is 3.43. The molecule has 0 radical (unpaired) electrons. The number of nitrogens with zero attached hydrogens (tertiary/aromatic N) is 2. The van der Waals surface area contributed by atoms with Crippen molar-refractivity contribution in [3.05, 3.63) is 59.4 Å². The highest BCUT2D eigenvalue weighted by molar-refractivity contribution is 5.89. The highest BCUT2D eigenvalue weighted by Crippen LogP contribution is 2.30. The standard InChI is InChI=1S/C16H12F2N4O/c1-8-2-4-10(17)7-11(8)12-6-9(3-5-13(12)18)15-20-16(14(19)23)22-21-15/h2-7H,1H3,(H2,19,23)(H,20,21,22). The van der Waals surface area contributed by atoms with E-state index in [0.717, 1.165) is 5.56 Å². The molecule has 7 heteroatoms. The second-order valence-electron chi connectivity index (χ2n) is 5.03. The van der Waals surface area contributed by atoms with Crippen molar-refractivity contribution < 1.29 is 13.6 Å². The third-order valence-corrected chi connectivity index (χ3v) is 3.43. The molecule has 3 aromatic rings. The van der Waals surface area contributed by atoms with Crippen molar-refractivity contribution in [3.8, 4) is 22.5 Å². The molecule has 23 heavy (non-hydrogen) atoms. The van der Waals surface area contributed by atoms with Gasteiger partial charge in [0.15, 0.2) is 5.82 Å². The summed E-state index contributed by atoms with van der Waals surface area (Å²) in [6.45, 7) is 1.76. The summed E-state index contributed by atoms with van der Waals surface area (Å²) >= 11 is 0. The molecule has 0 saturated carbocycles. The van der Waals surface area contributed by atoms with E-state index in [1.807, 2.05) is 0 Å². The van der Waals surface area contributed by atoms with Crippen molar-refractivity contribution >= 4 is 5.91 Å². The van der Waals surface area contributed by atoms with Crippen molar-refractivity contribution in [2.24, 2.45) is 5.73 Å². The van der Waals surface area contributed by atoms with E-state index in [-0.39, 0.29) is 17.2 Å². The zero-order chi connectivity index (χ0) is 16.6. The molecule has 1 heterocycles. The lowest BCUT2D eigenvalue weighted by Gasteiger charge is -2.09. The lowest BCUT2D eigenvalue weighted by Crippen LogP contribution is -2.12. The summed E-state index contributed by atoms with van der Waals surface area (Å²) in [7, 11) is 0. The molecule has 5 nitrogen and oxygen atoms in total. The summed E-state index contributed by atoms with van der Waals surface area (Å²) in [5.41, 5.74) is 6.99. The molecule has 0 aliphatic heterocycles. The monoisotopic (exact) mass is 314 g/mol. The van der Waals surface area contributed by atoms with Gasteiger partial charge in [-0.1, -0.05) is 6.07 Å². The number of hydrogen-bond donors (Lipinski definition) is 2. The Morgan fingerprint density at radius 1 is 1.13 bits per heavy atom. The van der Waals surface area contributed by atoms with E-state index in [9.17, 15) is 13.6 Å². The van der Waals surface area contributed by atoms with E-state index in [1.54, 1.807) is 13.0 Å². The topological polar surface area (TPSA) is 84.7 Å². The van der Waals surface area contributed by atoms with Crippen molar-refractivity contribution in [1.29, 1.82) is 0 Å². The van der Waals surface area contributed by atoms with E-state index in [0.29, 0.717) is 11.1 Å². The van der Waals surface area contributed by atoms with Gasteiger partial charge < -0.3 is 5.73 Å². The smallest absolute Gasteiger partial charge is 0.286 e. The fourth-order valence-corrected chi connectivity index (χ4v) is 2.26. The Balaban J connectivity index is 2.12. The summed E-state index contributed by atoms with van der Waals surface area (Å²) in [5, 5.41) is 6.29. The molecule has 2 aromatic carbocycles. The Bertz CT molecular complexity index is 905. The van der Waals surface area contributed by atoms with Gasteiger partial charge in [0, 0.05) is 11.1 Å². The average molecular weight is 314 g/mol. The number of primary amides is 1. The first kappa shape index (κ1) is 14.8. The number of carbonyl (C=O) groups is 1. The first-order valence-electron chi connectivity index (χ1n) is 6.74. The van der Waals surface area contributed by atoms with Crippen molar-refractivity contribution in [2.45, 2.75) is 6.92 Å². The molecule has 3 N–H and O–H groups in total. The van der Waals surface area contributed by atoms with E-state index >= 15 is 0 Å². The Labute approximate surface area is 130 Å². The minimum Gasteiger partial charge on any atom is -0.363 e. The fourth-order valence-electron chi connectivity index (χ4n) is 2.26. The molecule has 0 saturated heterocycles. The molecule has 0 bridgehead atoms. The Morgan fingerprint density at radius 2 is 1.91 bits per heavy atom. The van der Waals surface area contributed by atoms with Crippen molar-refractivity contribution in [2.75, 3.05) is 0 Å². The van der Waals surface area contributed by atoms with Crippen LogP contribution in [0.1, 0.15) is 16.2 Å². The third kappa shape index (κ3) is 2.80. The molecule has 0 atom stereocenters. The lowest BCUT2D eigenvalue weighted by molar-refractivity contribution is 0.0991. The molecular weight excluding hydrogens is 302 g/mol. The first-order chi connectivity index (χ1) is 11.0. The molecule has 0 aliphatic carbocycles. The molecule has 116 valence electrons. The molecular formula is C16H12F2N4O. The summed E-state index contributed by atoms with van der Waals surface area (Å²) in [6.07, 6.45) is 0. The maximum atomic E-state index is 14.2. The summed E-state index contributed by atoms with van der Waals surface area (Å²) in [5.74, 6) is -1.58. The van der Waals surface area contributed by atoms with Gasteiger partial charge in [0.1, 0.15) is 11.6 Å². The van der Waals surface area contributed by atoms with Gasteiger partial charge in [-0.25, -0.2) is 13.8 Å². The number of amides is 1. The molecule has 1 amide bonds.